The predicted octanol–water partition coefficient (Wildman–Crippen LogP) is 1.98. The fourth-order valence-corrected chi connectivity index (χ4v) is 3.26. The molecule has 1 aromatic heterocycles. The molecular weight excluding hydrogens is 232 g/mol. The molecular formula is C13H22N2OS. The van der Waals surface area contributed by atoms with Crippen LogP contribution >= 0.6 is 11.3 Å². The van der Waals surface area contributed by atoms with Gasteiger partial charge in [-0.1, -0.05) is 0 Å². The van der Waals surface area contributed by atoms with Gasteiger partial charge in [0.15, 0.2) is 0 Å². The summed E-state index contributed by atoms with van der Waals surface area (Å²) in [7, 11) is 0. The zero-order chi connectivity index (χ0) is 12.3. The zero-order valence-corrected chi connectivity index (χ0v) is 11.2. The van der Waals surface area contributed by atoms with Gasteiger partial charge in [-0.25, -0.2) is 0 Å². The molecule has 4 heteroatoms. The van der Waals surface area contributed by atoms with E-state index in [4.69, 9.17) is 5.73 Å². The van der Waals surface area contributed by atoms with Gasteiger partial charge in [0.05, 0.1) is 5.60 Å². The quantitative estimate of drug-likeness (QED) is 0.867. The van der Waals surface area contributed by atoms with E-state index in [-0.39, 0.29) is 0 Å². The van der Waals surface area contributed by atoms with E-state index < -0.39 is 5.60 Å². The Bertz CT molecular complexity index is 337. The van der Waals surface area contributed by atoms with Crippen LogP contribution in [0.25, 0.3) is 0 Å². The minimum Gasteiger partial charge on any atom is -0.390 e. The maximum atomic E-state index is 10.1. The molecule has 2 rings (SSSR count). The first-order chi connectivity index (χ1) is 8.12. The highest BCUT2D eigenvalue weighted by Crippen LogP contribution is 2.28. The van der Waals surface area contributed by atoms with Gasteiger partial charge in [0.25, 0.3) is 0 Å². The first-order valence-electron chi connectivity index (χ1n) is 6.31. The SMILES string of the molecule is CC1(O)CCCN(C(CN)c2ccsc2)CC1. The molecule has 1 fully saturated rings. The second-order valence-corrected chi connectivity index (χ2v) is 5.97. The number of likely N-dealkylation sites (tertiary alicyclic amines) is 1. The van der Waals surface area contributed by atoms with E-state index >= 15 is 0 Å². The largest absolute Gasteiger partial charge is 0.390 e. The summed E-state index contributed by atoms with van der Waals surface area (Å²) in [5.74, 6) is 0. The second-order valence-electron chi connectivity index (χ2n) is 5.19. The summed E-state index contributed by atoms with van der Waals surface area (Å²) in [6.45, 7) is 4.57. The van der Waals surface area contributed by atoms with Crippen LogP contribution in [0.5, 0.6) is 0 Å². The minimum absolute atomic E-state index is 0.315. The number of thiophene rings is 1. The van der Waals surface area contributed by atoms with E-state index in [0.717, 1.165) is 32.4 Å². The van der Waals surface area contributed by atoms with Gasteiger partial charge in [-0.05, 0) is 55.1 Å². The minimum atomic E-state index is -0.497. The van der Waals surface area contributed by atoms with Gasteiger partial charge in [0.1, 0.15) is 0 Å². The Balaban J connectivity index is 2.05. The summed E-state index contributed by atoms with van der Waals surface area (Å²) in [4.78, 5) is 2.42. The third-order valence-electron chi connectivity index (χ3n) is 3.69. The Labute approximate surface area is 107 Å². The second kappa shape index (κ2) is 5.48. The molecule has 3 nitrogen and oxygen atoms in total. The number of nitrogens with two attached hydrogens (primary N) is 1. The predicted molar refractivity (Wildman–Crippen MR) is 72.2 cm³/mol. The van der Waals surface area contributed by atoms with Crippen molar-refractivity contribution in [1.82, 2.24) is 4.90 Å². The molecule has 0 aromatic carbocycles. The fraction of sp³-hybridized carbons (Fsp3) is 0.692. The van der Waals surface area contributed by atoms with E-state index in [9.17, 15) is 5.11 Å². The number of hydrogen-bond acceptors (Lipinski definition) is 4. The van der Waals surface area contributed by atoms with E-state index in [2.05, 4.69) is 21.7 Å². The van der Waals surface area contributed by atoms with E-state index in [0.29, 0.717) is 12.6 Å². The van der Waals surface area contributed by atoms with Crippen molar-refractivity contribution in [2.45, 2.75) is 37.8 Å². The third kappa shape index (κ3) is 3.28. The summed E-state index contributed by atoms with van der Waals surface area (Å²) in [6.07, 6.45) is 2.78. The smallest absolute Gasteiger partial charge is 0.0632 e. The topological polar surface area (TPSA) is 49.5 Å². The van der Waals surface area contributed by atoms with Crippen molar-refractivity contribution in [3.63, 3.8) is 0 Å². The molecule has 0 saturated carbocycles. The molecule has 3 N–H and O–H groups in total. The lowest BCUT2D eigenvalue weighted by molar-refractivity contribution is 0.0431. The molecule has 0 bridgehead atoms. The molecule has 96 valence electrons. The Hall–Kier alpha value is -0.420. The number of rotatable bonds is 3. The van der Waals surface area contributed by atoms with Crippen LogP contribution in [-0.2, 0) is 0 Å². The average molecular weight is 254 g/mol. The summed E-state index contributed by atoms with van der Waals surface area (Å²) < 4.78 is 0. The Kier molecular flexibility index (Phi) is 4.20. The molecule has 1 saturated heterocycles. The van der Waals surface area contributed by atoms with Crippen LogP contribution in [0.4, 0.5) is 0 Å². The highest BCUT2D eigenvalue weighted by Gasteiger charge is 2.28. The maximum absolute atomic E-state index is 10.1. The molecule has 2 atom stereocenters. The lowest BCUT2D eigenvalue weighted by atomic mass is 9.98. The van der Waals surface area contributed by atoms with Crippen molar-refractivity contribution in [2.75, 3.05) is 19.6 Å². The number of hydrogen-bond donors (Lipinski definition) is 2. The normalized spacial score (nSPS) is 28.9. The molecule has 1 aliphatic rings. The van der Waals surface area contributed by atoms with E-state index in [1.54, 1.807) is 11.3 Å². The summed E-state index contributed by atoms with van der Waals surface area (Å²) in [5.41, 5.74) is 6.73. The molecule has 0 amide bonds. The molecule has 17 heavy (non-hydrogen) atoms. The molecule has 1 aromatic rings. The highest BCUT2D eigenvalue weighted by molar-refractivity contribution is 7.07. The Morgan fingerprint density at radius 1 is 1.53 bits per heavy atom. The van der Waals surface area contributed by atoms with Crippen LogP contribution in [0.2, 0.25) is 0 Å². The van der Waals surface area contributed by atoms with Crippen LogP contribution in [0, 0.1) is 0 Å². The number of aliphatic hydroxyl groups is 1. The van der Waals surface area contributed by atoms with Gasteiger partial charge in [0.2, 0.25) is 0 Å². The molecule has 0 aliphatic carbocycles. The van der Waals surface area contributed by atoms with Gasteiger partial charge < -0.3 is 10.8 Å². The average Bonchev–Trinajstić information content (AvgIpc) is 2.73. The lowest BCUT2D eigenvalue weighted by Crippen LogP contribution is -2.35. The van der Waals surface area contributed by atoms with Crippen LogP contribution in [0.3, 0.4) is 0 Å². The third-order valence-corrected chi connectivity index (χ3v) is 4.39. The molecule has 0 radical (unpaired) electrons. The van der Waals surface area contributed by atoms with E-state index in [1.807, 2.05) is 6.92 Å². The van der Waals surface area contributed by atoms with Crippen molar-refractivity contribution in [2.24, 2.45) is 5.73 Å². The fourth-order valence-electron chi connectivity index (χ4n) is 2.56. The van der Waals surface area contributed by atoms with Crippen molar-refractivity contribution in [3.05, 3.63) is 22.4 Å². The zero-order valence-electron chi connectivity index (χ0n) is 10.4. The molecule has 1 aliphatic heterocycles. The van der Waals surface area contributed by atoms with Gasteiger partial charge in [0, 0.05) is 19.1 Å². The van der Waals surface area contributed by atoms with Crippen molar-refractivity contribution in [3.8, 4) is 0 Å². The lowest BCUT2D eigenvalue weighted by Gasteiger charge is -2.29. The van der Waals surface area contributed by atoms with Crippen LogP contribution < -0.4 is 5.73 Å². The summed E-state index contributed by atoms with van der Waals surface area (Å²) >= 11 is 1.72. The summed E-state index contributed by atoms with van der Waals surface area (Å²) in [5, 5.41) is 14.4. The highest BCUT2D eigenvalue weighted by atomic mass is 32.1. The number of nitrogens with zero attached hydrogens (tertiary/aromatic N) is 1. The van der Waals surface area contributed by atoms with Gasteiger partial charge in [-0.2, -0.15) is 11.3 Å². The van der Waals surface area contributed by atoms with Crippen LogP contribution in [0.15, 0.2) is 16.8 Å². The molecule has 2 heterocycles. The monoisotopic (exact) mass is 254 g/mol. The Morgan fingerprint density at radius 3 is 3.00 bits per heavy atom. The van der Waals surface area contributed by atoms with Crippen molar-refractivity contribution >= 4 is 11.3 Å². The van der Waals surface area contributed by atoms with Crippen molar-refractivity contribution in [1.29, 1.82) is 0 Å². The van der Waals surface area contributed by atoms with Crippen LogP contribution in [0.1, 0.15) is 37.8 Å². The standard InChI is InChI=1S/C13H22N2OS/c1-13(16)4-2-6-15(7-5-13)12(9-14)11-3-8-17-10-11/h3,8,10,12,16H,2,4-7,9,14H2,1H3. The van der Waals surface area contributed by atoms with Crippen LogP contribution in [-0.4, -0.2) is 35.2 Å². The Morgan fingerprint density at radius 2 is 2.35 bits per heavy atom. The molecule has 0 spiro atoms. The maximum Gasteiger partial charge on any atom is 0.0632 e. The van der Waals surface area contributed by atoms with Crippen molar-refractivity contribution < 1.29 is 5.11 Å². The first kappa shape index (κ1) is 13.0. The molecule has 2 unspecified atom stereocenters. The first-order valence-corrected chi connectivity index (χ1v) is 7.25. The van der Waals surface area contributed by atoms with Gasteiger partial charge in [-0.15, -0.1) is 0 Å². The van der Waals surface area contributed by atoms with E-state index in [1.165, 1.54) is 5.56 Å². The van der Waals surface area contributed by atoms with Gasteiger partial charge in [-0.3, -0.25) is 4.90 Å². The summed E-state index contributed by atoms with van der Waals surface area (Å²) in [6, 6.07) is 2.47. The van der Waals surface area contributed by atoms with Gasteiger partial charge >= 0.3 is 0 Å².